The molecule has 1 aliphatic rings. The van der Waals surface area contributed by atoms with Crippen molar-refractivity contribution >= 4 is 26.8 Å². The van der Waals surface area contributed by atoms with E-state index in [2.05, 4.69) is 5.32 Å². The Morgan fingerprint density at radius 1 is 0.933 bits per heavy atom. The summed E-state index contributed by atoms with van der Waals surface area (Å²) in [6.07, 6.45) is 0.350. The predicted octanol–water partition coefficient (Wildman–Crippen LogP) is 0.515. The van der Waals surface area contributed by atoms with Crippen molar-refractivity contribution in [2.45, 2.75) is 25.6 Å². The standard InChI is InChI=1S/C21H21N3O5S/c25-19(22-16-10-11-30(28,29)14-16)13-24-18-9-5-4-8-17(18)23(20(26)21(24)27)12-15-6-2-1-3-7-15/h1-9,16H,10-14H2,(H,22,25)/t16-/m0/s1. The molecule has 156 valence electrons. The van der Waals surface area contributed by atoms with Gasteiger partial charge < -0.3 is 5.32 Å². The second-order valence-electron chi connectivity index (χ2n) is 7.42. The number of para-hydroxylation sites is 2. The summed E-state index contributed by atoms with van der Waals surface area (Å²) in [7, 11) is -3.14. The number of nitrogens with one attached hydrogen (secondary N) is 1. The molecule has 0 aliphatic carbocycles. The third kappa shape index (κ3) is 4.06. The number of fused-ring (bicyclic) bond motifs is 1. The van der Waals surface area contributed by atoms with Crippen LogP contribution in [-0.4, -0.2) is 41.0 Å². The maximum Gasteiger partial charge on any atom is 0.317 e. The molecule has 0 saturated carbocycles. The average molecular weight is 427 g/mol. The lowest BCUT2D eigenvalue weighted by molar-refractivity contribution is -0.122. The van der Waals surface area contributed by atoms with Gasteiger partial charge in [-0.3, -0.25) is 23.5 Å². The fourth-order valence-corrected chi connectivity index (χ4v) is 5.45. The van der Waals surface area contributed by atoms with E-state index in [1.165, 1.54) is 4.57 Å². The molecule has 1 aromatic heterocycles. The predicted molar refractivity (Wildman–Crippen MR) is 113 cm³/mol. The first-order valence-electron chi connectivity index (χ1n) is 9.60. The highest BCUT2D eigenvalue weighted by molar-refractivity contribution is 7.91. The van der Waals surface area contributed by atoms with E-state index in [4.69, 9.17) is 0 Å². The van der Waals surface area contributed by atoms with E-state index in [1.54, 1.807) is 24.3 Å². The topological polar surface area (TPSA) is 107 Å². The quantitative estimate of drug-likeness (QED) is 0.597. The van der Waals surface area contributed by atoms with Gasteiger partial charge in [0.2, 0.25) is 5.91 Å². The zero-order chi connectivity index (χ0) is 21.3. The van der Waals surface area contributed by atoms with Crippen LogP contribution in [0.25, 0.3) is 11.0 Å². The number of benzene rings is 2. The number of carbonyl (C=O) groups excluding carboxylic acids is 1. The number of hydrogen-bond acceptors (Lipinski definition) is 5. The Balaban J connectivity index is 1.69. The van der Waals surface area contributed by atoms with Crippen molar-refractivity contribution in [1.82, 2.24) is 14.5 Å². The van der Waals surface area contributed by atoms with Gasteiger partial charge in [-0.15, -0.1) is 0 Å². The minimum atomic E-state index is -3.14. The Morgan fingerprint density at radius 3 is 2.17 bits per heavy atom. The van der Waals surface area contributed by atoms with Crippen LogP contribution < -0.4 is 16.4 Å². The molecule has 1 amide bonds. The summed E-state index contributed by atoms with van der Waals surface area (Å²) in [6.45, 7) is -0.111. The van der Waals surface area contributed by atoms with Crippen molar-refractivity contribution < 1.29 is 13.2 Å². The monoisotopic (exact) mass is 427 g/mol. The van der Waals surface area contributed by atoms with Crippen LogP contribution in [0, 0.1) is 0 Å². The summed E-state index contributed by atoms with van der Waals surface area (Å²) in [5.74, 6) is -0.562. The summed E-state index contributed by atoms with van der Waals surface area (Å²) in [5, 5.41) is 2.66. The van der Waals surface area contributed by atoms with E-state index < -0.39 is 32.9 Å². The Labute approximate surface area is 172 Å². The number of carbonyl (C=O) groups is 1. The largest absolute Gasteiger partial charge is 0.351 e. The summed E-state index contributed by atoms with van der Waals surface area (Å²) >= 11 is 0. The molecule has 1 N–H and O–H groups in total. The molecule has 0 unspecified atom stereocenters. The Kier molecular flexibility index (Phi) is 5.29. The highest BCUT2D eigenvalue weighted by Crippen LogP contribution is 2.14. The first kappa shape index (κ1) is 20.1. The molecule has 1 atom stereocenters. The van der Waals surface area contributed by atoms with Crippen LogP contribution in [0.5, 0.6) is 0 Å². The van der Waals surface area contributed by atoms with Gasteiger partial charge in [0.15, 0.2) is 9.84 Å². The molecule has 2 heterocycles. The summed E-state index contributed by atoms with van der Waals surface area (Å²) in [4.78, 5) is 38.1. The van der Waals surface area contributed by atoms with Gasteiger partial charge in [-0.25, -0.2) is 8.42 Å². The number of hydrogen-bond donors (Lipinski definition) is 1. The highest BCUT2D eigenvalue weighted by Gasteiger charge is 2.29. The molecule has 9 heteroatoms. The van der Waals surface area contributed by atoms with Gasteiger partial charge in [0, 0.05) is 6.04 Å². The molecule has 1 aliphatic heterocycles. The normalized spacial score (nSPS) is 17.8. The number of sulfone groups is 1. The van der Waals surface area contributed by atoms with Crippen LogP contribution in [0.15, 0.2) is 64.2 Å². The molecule has 1 fully saturated rings. The molecular weight excluding hydrogens is 406 g/mol. The van der Waals surface area contributed by atoms with Crippen molar-refractivity contribution in [3.05, 3.63) is 80.9 Å². The lowest BCUT2D eigenvalue weighted by Gasteiger charge is -2.16. The van der Waals surface area contributed by atoms with E-state index in [1.807, 2.05) is 30.3 Å². The van der Waals surface area contributed by atoms with Gasteiger partial charge in [-0.1, -0.05) is 42.5 Å². The summed E-state index contributed by atoms with van der Waals surface area (Å²) in [6, 6.07) is 15.8. The van der Waals surface area contributed by atoms with E-state index >= 15 is 0 Å². The minimum Gasteiger partial charge on any atom is -0.351 e. The van der Waals surface area contributed by atoms with Gasteiger partial charge in [-0.05, 0) is 24.1 Å². The highest BCUT2D eigenvalue weighted by atomic mass is 32.2. The molecule has 30 heavy (non-hydrogen) atoms. The second-order valence-corrected chi connectivity index (χ2v) is 9.65. The maximum absolute atomic E-state index is 12.8. The van der Waals surface area contributed by atoms with E-state index in [9.17, 15) is 22.8 Å². The van der Waals surface area contributed by atoms with Crippen LogP contribution in [-0.2, 0) is 27.7 Å². The van der Waals surface area contributed by atoms with Crippen molar-refractivity contribution in [2.75, 3.05) is 11.5 Å². The van der Waals surface area contributed by atoms with Gasteiger partial charge >= 0.3 is 11.1 Å². The first-order valence-corrected chi connectivity index (χ1v) is 11.4. The third-order valence-corrected chi connectivity index (χ3v) is 6.99. The molecule has 3 aromatic rings. The Hall–Kier alpha value is -3.20. The number of rotatable bonds is 5. The summed E-state index contributed by atoms with van der Waals surface area (Å²) in [5.41, 5.74) is 0.379. The van der Waals surface area contributed by atoms with Crippen molar-refractivity contribution in [1.29, 1.82) is 0 Å². The molecule has 0 bridgehead atoms. The number of aromatic nitrogens is 2. The molecule has 4 rings (SSSR count). The van der Waals surface area contributed by atoms with E-state index in [-0.39, 0.29) is 24.6 Å². The zero-order valence-corrected chi connectivity index (χ0v) is 17.0. The minimum absolute atomic E-state index is 0.0381. The Bertz CT molecular complexity index is 1330. The molecule has 0 spiro atoms. The van der Waals surface area contributed by atoms with E-state index in [0.29, 0.717) is 17.5 Å². The maximum atomic E-state index is 12.8. The lowest BCUT2D eigenvalue weighted by Crippen LogP contribution is -2.45. The molecular formula is C21H21N3O5S. The van der Waals surface area contributed by atoms with Crippen LogP contribution in [0.4, 0.5) is 0 Å². The van der Waals surface area contributed by atoms with Gasteiger partial charge in [0.1, 0.15) is 6.54 Å². The van der Waals surface area contributed by atoms with Gasteiger partial charge in [-0.2, -0.15) is 0 Å². The summed E-state index contributed by atoms with van der Waals surface area (Å²) < 4.78 is 25.7. The molecule has 0 radical (unpaired) electrons. The zero-order valence-electron chi connectivity index (χ0n) is 16.2. The van der Waals surface area contributed by atoms with Crippen LogP contribution >= 0.6 is 0 Å². The Morgan fingerprint density at radius 2 is 1.53 bits per heavy atom. The first-order chi connectivity index (χ1) is 14.3. The van der Waals surface area contributed by atoms with Crippen LogP contribution in [0.3, 0.4) is 0 Å². The average Bonchev–Trinajstić information content (AvgIpc) is 3.07. The van der Waals surface area contributed by atoms with Gasteiger partial charge in [0.05, 0.1) is 29.1 Å². The van der Waals surface area contributed by atoms with Gasteiger partial charge in [0.25, 0.3) is 0 Å². The fourth-order valence-electron chi connectivity index (χ4n) is 3.78. The lowest BCUT2D eigenvalue weighted by atomic mass is 10.2. The van der Waals surface area contributed by atoms with Crippen molar-refractivity contribution in [3.8, 4) is 0 Å². The van der Waals surface area contributed by atoms with Crippen LogP contribution in [0.1, 0.15) is 12.0 Å². The van der Waals surface area contributed by atoms with Crippen molar-refractivity contribution in [2.24, 2.45) is 0 Å². The smallest absolute Gasteiger partial charge is 0.317 e. The second kappa shape index (κ2) is 7.91. The van der Waals surface area contributed by atoms with Crippen molar-refractivity contribution in [3.63, 3.8) is 0 Å². The van der Waals surface area contributed by atoms with Crippen LogP contribution in [0.2, 0.25) is 0 Å². The number of nitrogens with zero attached hydrogens (tertiary/aromatic N) is 2. The third-order valence-electron chi connectivity index (χ3n) is 5.22. The molecule has 2 aromatic carbocycles. The fraction of sp³-hybridized carbons (Fsp3) is 0.286. The molecule has 1 saturated heterocycles. The number of amides is 1. The molecule has 8 nitrogen and oxygen atoms in total. The SMILES string of the molecule is O=C(Cn1c(=O)c(=O)n(Cc2ccccc2)c2ccccc21)N[C@H]1CCS(=O)(=O)C1. The van der Waals surface area contributed by atoms with E-state index in [0.717, 1.165) is 10.1 Å².